The van der Waals surface area contributed by atoms with E-state index in [0.717, 1.165) is 12.2 Å². The first-order valence-electron chi connectivity index (χ1n) is 3.59. The van der Waals surface area contributed by atoms with Crippen LogP contribution in [0.5, 0.6) is 0 Å². The summed E-state index contributed by atoms with van der Waals surface area (Å²) < 4.78 is 0. The Kier molecular flexibility index (Phi) is 3.01. The van der Waals surface area contributed by atoms with E-state index in [-0.39, 0.29) is 0 Å². The van der Waals surface area contributed by atoms with Crippen molar-refractivity contribution in [3.63, 3.8) is 0 Å². The summed E-state index contributed by atoms with van der Waals surface area (Å²) in [5, 5.41) is 0. The van der Waals surface area contributed by atoms with E-state index in [2.05, 4.69) is 17.5 Å². The van der Waals surface area contributed by atoms with Crippen molar-refractivity contribution in [2.45, 2.75) is 19.3 Å². The predicted octanol–water partition coefficient (Wildman–Crippen LogP) is 1.66. The van der Waals surface area contributed by atoms with Gasteiger partial charge in [0.15, 0.2) is 0 Å². The van der Waals surface area contributed by atoms with Gasteiger partial charge < -0.3 is 0 Å². The molecule has 0 aromatic heterocycles. The van der Waals surface area contributed by atoms with Gasteiger partial charge in [-0.3, -0.25) is 0 Å². The van der Waals surface area contributed by atoms with E-state index in [4.69, 9.17) is 4.89 Å². The maximum absolute atomic E-state index is 4.78. The van der Waals surface area contributed by atoms with E-state index in [9.17, 15) is 0 Å². The van der Waals surface area contributed by atoms with E-state index >= 15 is 0 Å². The van der Waals surface area contributed by atoms with Crippen molar-refractivity contribution < 1.29 is 9.78 Å². The van der Waals surface area contributed by atoms with Gasteiger partial charge in [-0.25, -0.2) is 9.78 Å². The second-order valence-corrected chi connectivity index (χ2v) is 3.21. The van der Waals surface area contributed by atoms with Gasteiger partial charge in [-0.05, 0) is 30.4 Å². The summed E-state index contributed by atoms with van der Waals surface area (Å²) in [5.41, 5.74) is 0.502. The lowest BCUT2D eigenvalue weighted by molar-refractivity contribution is -0.274. The Morgan fingerprint density at radius 1 is 1.50 bits per heavy atom. The lowest BCUT2D eigenvalue weighted by Gasteiger charge is -2.09. The van der Waals surface area contributed by atoms with Crippen LogP contribution in [0.3, 0.4) is 0 Å². The molecule has 1 fully saturated rings. The topological polar surface area (TPSA) is 18.5 Å². The third-order valence-electron chi connectivity index (χ3n) is 2.13. The number of hydrogen-bond donors (Lipinski definition) is 1. The van der Waals surface area contributed by atoms with Gasteiger partial charge in [0.05, 0.1) is 13.7 Å². The molecule has 0 atom stereocenters. The lowest BCUT2D eigenvalue weighted by atomic mass is 10.1. The molecule has 0 radical (unpaired) electrons. The van der Waals surface area contributed by atoms with Crippen LogP contribution in [0.1, 0.15) is 19.3 Å². The molecule has 0 aliphatic heterocycles. The smallest absolute Gasteiger partial charge is 0.0827 e. The minimum absolute atomic E-state index is 0.502. The first-order valence-corrected chi connectivity index (χ1v) is 4.23. The zero-order chi connectivity index (χ0) is 7.45. The second-order valence-electron chi connectivity index (χ2n) is 2.90. The normalized spacial score (nSPS) is 21.0. The van der Waals surface area contributed by atoms with Crippen molar-refractivity contribution in [3.05, 3.63) is 0 Å². The van der Waals surface area contributed by atoms with Crippen molar-refractivity contribution in [2.75, 3.05) is 19.5 Å². The zero-order valence-corrected chi connectivity index (χ0v) is 7.19. The SMILES string of the molecule is COOCCC1(CS)CC1. The van der Waals surface area contributed by atoms with E-state index < -0.39 is 0 Å². The molecule has 3 heteroatoms. The highest BCUT2D eigenvalue weighted by Gasteiger charge is 2.40. The monoisotopic (exact) mass is 162 g/mol. The van der Waals surface area contributed by atoms with Gasteiger partial charge in [0, 0.05) is 0 Å². The molecule has 0 N–H and O–H groups in total. The molecule has 10 heavy (non-hydrogen) atoms. The van der Waals surface area contributed by atoms with Crippen molar-refractivity contribution in [2.24, 2.45) is 5.41 Å². The van der Waals surface area contributed by atoms with Crippen molar-refractivity contribution in [1.82, 2.24) is 0 Å². The van der Waals surface area contributed by atoms with Gasteiger partial charge in [0.25, 0.3) is 0 Å². The molecule has 60 valence electrons. The molecule has 0 aromatic carbocycles. The lowest BCUT2D eigenvalue weighted by Crippen LogP contribution is -2.06. The Morgan fingerprint density at radius 2 is 2.20 bits per heavy atom. The summed E-state index contributed by atoms with van der Waals surface area (Å²) in [5.74, 6) is 0.986. The number of rotatable bonds is 5. The van der Waals surface area contributed by atoms with Crippen LogP contribution in [0, 0.1) is 5.41 Å². The van der Waals surface area contributed by atoms with E-state index in [0.29, 0.717) is 12.0 Å². The molecule has 1 aliphatic rings. The highest BCUT2D eigenvalue weighted by atomic mass is 32.1. The summed E-state index contributed by atoms with van der Waals surface area (Å²) >= 11 is 4.27. The Bertz CT molecular complexity index is 102. The summed E-state index contributed by atoms with van der Waals surface area (Å²) in [6, 6.07) is 0. The van der Waals surface area contributed by atoms with E-state index in [1.807, 2.05) is 0 Å². The quantitative estimate of drug-likeness (QED) is 0.287. The summed E-state index contributed by atoms with van der Waals surface area (Å²) in [4.78, 5) is 9.26. The summed E-state index contributed by atoms with van der Waals surface area (Å²) in [6.07, 6.45) is 3.71. The molecule has 1 saturated carbocycles. The Morgan fingerprint density at radius 3 is 2.60 bits per heavy atom. The minimum atomic E-state index is 0.502. The zero-order valence-electron chi connectivity index (χ0n) is 6.30. The van der Waals surface area contributed by atoms with Gasteiger partial charge in [-0.2, -0.15) is 12.6 Å². The molecule has 2 nitrogen and oxygen atoms in total. The Balaban J connectivity index is 2.01. The standard InChI is InChI=1S/C7H14O2S/c1-8-9-5-4-7(6-10)2-3-7/h10H,2-6H2,1H3. The highest BCUT2D eigenvalue weighted by molar-refractivity contribution is 7.80. The van der Waals surface area contributed by atoms with Crippen molar-refractivity contribution >= 4 is 12.6 Å². The maximum atomic E-state index is 4.78. The largest absolute Gasteiger partial charge is 0.240 e. The van der Waals surface area contributed by atoms with Crippen molar-refractivity contribution in [3.8, 4) is 0 Å². The maximum Gasteiger partial charge on any atom is 0.0827 e. The third kappa shape index (κ3) is 2.15. The molecule has 0 saturated heterocycles. The minimum Gasteiger partial charge on any atom is -0.240 e. The average molecular weight is 162 g/mol. The fraction of sp³-hybridized carbons (Fsp3) is 1.00. The van der Waals surface area contributed by atoms with Crippen LogP contribution in [-0.2, 0) is 9.78 Å². The molecular weight excluding hydrogens is 148 g/mol. The first kappa shape index (κ1) is 8.37. The molecule has 0 bridgehead atoms. The Hall–Kier alpha value is 0.270. The van der Waals surface area contributed by atoms with Crippen LogP contribution >= 0.6 is 12.6 Å². The molecule has 0 unspecified atom stereocenters. The van der Waals surface area contributed by atoms with Crippen LogP contribution in [0.15, 0.2) is 0 Å². The molecule has 0 aromatic rings. The summed E-state index contributed by atoms with van der Waals surface area (Å²) in [7, 11) is 1.54. The third-order valence-corrected chi connectivity index (χ3v) is 2.80. The number of thiol groups is 1. The van der Waals surface area contributed by atoms with Gasteiger partial charge in [-0.15, -0.1) is 0 Å². The fourth-order valence-electron chi connectivity index (χ4n) is 1.01. The average Bonchev–Trinajstić information content (AvgIpc) is 2.70. The first-order chi connectivity index (χ1) is 4.83. The van der Waals surface area contributed by atoms with E-state index in [1.165, 1.54) is 12.8 Å². The van der Waals surface area contributed by atoms with Gasteiger partial charge in [0.2, 0.25) is 0 Å². The Labute approximate surface area is 67.2 Å². The van der Waals surface area contributed by atoms with Crippen LogP contribution in [0.2, 0.25) is 0 Å². The highest BCUT2D eigenvalue weighted by Crippen LogP contribution is 2.49. The number of hydrogen-bond acceptors (Lipinski definition) is 3. The van der Waals surface area contributed by atoms with Crippen LogP contribution < -0.4 is 0 Å². The van der Waals surface area contributed by atoms with Gasteiger partial charge in [0.1, 0.15) is 0 Å². The fourth-order valence-corrected chi connectivity index (χ4v) is 1.48. The van der Waals surface area contributed by atoms with Crippen LogP contribution in [-0.4, -0.2) is 19.5 Å². The molecule has 0 amide bonds. The second kappa shape index (κ2) is 3.60. The van der Waals surface area contributed by atoms with Gasteiger partial charge in [-0.1, -0.05) is 0 Å². The predicted molar refractivity (Wildman–Crippen MR) is 43.1 cm³/mol. The van der Waals surface area contributed by atoms with Gasteiger partial charge >= 0.3 is 0 Å². The van der Waals surface area contributed by atoms with Crippen molar-refractivity contribution in [1.29, 1.82) is 0 Å². The summed E-state index contributed by atoms with van der Waals surface area (Å²) in [6.45, 7) is 0.705. The molecule has 0 spiro atoms. The van der Waals surface area contributed by atoms with E-state index in [1.54, 1.807) is 7.11 Å². The van der Waals surface area contributed by atoms with Crippen LogP contribution in [0.4, 0.5) is 0 Å². The molecule has 1 rings (SSSR count). The van der Waals surface area contributed by atoms with Crippen LogP contribution in [0.25, 0.3) is 0 Å². The molecule has 0 heterocycles. The molecule has 1 aliphatic carbocycles. The molecular formula is C7H14O2S.